The quantitative estimate of drug-likeness (QED) is 0.516. The molecule has 0 atom stereocenters. The zero-order valence-electron chi connectivity index (χ0n) is 16.2. The highest BCUT2D eigenvalue weighted by Crippen LogP contribution is 2.21. The Morgan fingerprint density at radius 2 is 1.87 bits per heavy atom. The molecule has 0 radical (unpaired) electrons. The molecule has 2 aromatic heterocycles. The van der Waals surface area contributed by atoms with Crippen LogP contribution in [0.3, 0.4) is 0 Å². The SMILES string of the molecule is Cn1c(C(=O)O)cnc1-c1cccc(C(=O)Nc2cnn(Cc3ccccc3)c2)c1. The molecule has 0 aliphatic rings. The average molecular weight is 401 g/mol. The Hall–Kier alpha value is -4.20. The van der Waals surface area contributed by atoms with Gasteiger partial charge >= 0.3 is 5.97 Å². The maximum absolute atomic E-state index is 12.7. The van der Waals surface area contributed by atoms with Gasteiger partial charge in [-0.15, -0.1) is 0 Å². The summed E-state index contributed by atoms with van der Waals surface area (Å²) >= 11 is 0. The Morgan fingerprint density at radius 3 is 2.60 bits per heavy atom. The first-order chi connectivity index (χ1) is 14.5. The zero-order valence-corrected chi connectivity index (χ0v) is 16.2. The molecule has 0 aliphatic carbocycles. The van der Waals surface area contributed by atoms with Crippen molar-refractivity contribution in [2.24, 2.45) is 7.05 Å². The van der Waals surface area contributed by atoms with Crippen molar-refractivity contribution in [1.82, 2.24) is 19.3 Å². The van der Waals surface area contributed by atoms with E-state index < -0.39 is 5.97 Å². The van der Waals surface area contributed by atoms with E-state index in [-0.39, 0.29) is 11.6 Å². The summed E-state index contributed by atoms with van der Waals surface area (Å²) in [5, 5.41) is 16.3. The average Bonchev–Trinajstić information content (AvgIpc) is 3.35. The van der Waals surface area contributed by atoms with Crippen LogP contribution in [0.25, 0.3) is 11.4 Å². The van der Waals surface area contributed by atoms with Gasteiger partial charge in [-0.25, -0.2) is 9.78 Å². The number of hydrogen-bond acceptors (Lipinski definition) is 4. The highest BCUT2D eigenvalue weighted by molar-refractivity contribution is 6.04. The van der Waals surface area contributed by atoms with Crippen LogP contribution in [0.4, 0.5) is 5.69 Å². The second kappa shape index (κ2) is 8.04. The summed E-state index contributed by atoms with van der Waals surface area (Å²) in [6.07, 6.45) is 4.67. The number of benzene rings is 2. The molecule has 150 valence electrons. The van der Waals surface area contributed by atoms with Crippen molar-refractivity contribution >= 4 is 17.6 Å². The lowest BCUT2D eigenvalue weighted by Crippen LogP contribution is -2.12. The fraction of sp³-hybridized carbons (Fsp3) is 0.0909. The van der Waals surface area contributed by atoms with Gasteiger partial charge < -0.3 is 15.0 Å². The number of hydrogen-bond donors (Lipinski definition) is 2. The fourth-order valence-corrected chi connectivity index (χ4v) is 3.16. The van der Waals surface area contributed by atoms with Crippen molar-refractivity contribution in [3.8, 4) is 11.4 Å². The van der Waals surface area contributed by atoms with E-state index in [1.807, 2.05) is 30.3 Å². The molecule has 1 amide bonds. The van der Waals surface area contributed by atoms with Gasteiger partial charge in [-0.1, -0.05) is 42.5 Å². The minimum absolute atomic E-state index is 0.0747. The van der Waals surface area contributed by atoms with Gasteiger partial charge in [-0.3, -0.25) is 9.48 Å². The molecule has 0 bridgehead atoms. The van der Waals surface area contributed by atoms with Gasteiger partial charge in [0, 0.05) is 24.4 Å². The summed E-state index contributed by atoms with van der Waals surface area (Å²) in [5.74, 6) is -0.876. The van der Waals surface area contributed by atoms with Crippen LogP contribution in [-0.4, -0.2) is 36.3 Å². The monoisotopic (exact) mass is 401 g/mol. The minimum atomic E-state index is -1.06. The van der Waals surface area contributed by atoms with Crippen LogP contribution in [0, 0.1) is 0 Å². The largest absolute Gasteiger partial charge is 0.477 e. The van der Waals surface area contributed by atoms with E-state index in [1.165, 1.54) is 10.8 Å². The van der Waals surface area contributed by atoms with Crippen LogP contribution in [-0.2, 0) is 13.6 Å². The first-order valence-electron chi connectivity index (χ1n) is 9.24. The van der Waals surface area contributed by atoms with Crippen molar-refractivity contribution < 1.29 is 14.7 Å². The summed E-state index contributed by atoms with van der Waals surface area (Å²) < 4.78 is 3.23. The molecular weight excluding hydrogens is 382 g/mol. The van der Waals surface area contributed by atoms with E-state index in [2.05, 4.69) is 15.4 Å². The van der Waals surface area contributed by atoms with E-state index in [4.69, 9.17) is 0 Å². The summed E-state index contributed by atoms with van der Waals surface area (Å²) in [7, 11) is 1.62. The number of imidazole rings is 1. The first kappa shape index (κ1) is 19.1. The third-order valence-electron chi connectivity index (χ3n) is 4.67. The zero-order chi connectivity index (χ0) is 21.1. The van der Waals surface area contributed by atoms with Gasteiger partial charge in [0.1, 0.15) is 11.5 Å². The summed E-state index contributed by atoms with van der Waals surface area (Å²) in [6.45, 7) is 0.608. The van der Waals surface area contributed by atoms with Crippen LogP contribution < -0.4 is 5.32 Å². The molecule has 0 unspecified atom stereocenters. The standard InChI is InChI=1S/C22H19N5O3/c1-26-19(22(29)30)12-23-20(26)16-8-5-9-17(10-16)21(28)25-18-11-24-27(14-18)13-15-6-3-2-4-7-15/h2-12,14H,13H2,1H3,(H,25,28)(H,29,30). The van der Waals surface area contributed by atoms with Gasteiger partial charge in [0.2, 0.25) is 0 Å². The van der Waals surface area contributed by atoms with Gasteiger partial charge in [0.15, 0.2) is 0 Å². The molecule has 4 rings (SSSR count). The van der Waals surface area contributed by atoms with Gasteiger partial charge in [-0.05, 0) is 17.7 Å². The number of carbonyl (C=O) groups excluding carboxylic acids is 1. The van der Waals surface area contributed by atoms with Gasteiger partial charge in [0.25, 0.3) is 5.91 Å². The lowest BCUT2D eigenvalue weighted by Gasteiger charge is -2.07. The molecule has 0 saturated heterocycles. The molecule has 0 spiro atoms. The Morgan fingerprint density at radius 1 is 1.07 bits per heavy atom. The van der Waals surface area contributed by atoms with Crippen LogP contribution in [0.15, 0.2) is 73.2 Å². The number of carboxylic acid groups (broad SMARTS) is 1. The maximum atomic E-state index is 12.7. The molecule has 0 aliphatic heterocycles. The fourth-order valence-electron chi connectivity index (χ4n) is 3.16. The van der Waals surface area contributed by atoms with Gasteiger partial charge in [-0.2, -0.15) is 5.10 Å². The summed E-state index contributed by atoms with van der Waals surface area (Å²) in [4.78, 5) is 28.1. The van der Waals surface area contributed by atoms with Crippen LogP contribution >= 0.6 is 0 Å². The number of amides is 1. The number of nitrogens with zero attached hydrogens (tertiary/aromatic N) is 4. The Kier molecular flexibility index (Phi) is 5.13. The highest BCUT2D eigenvalue weighted by atomic mass is 16.4. The smallest absolute Gasteiger partial charge is 0.354 e. The second-order valence-electron chi connectivity index (χ2n) is 6.78. The number of carboxylic acids is 1. The van der Waals surface area contributed by atoms with Crippen LogP contribution in [0.2, 0.25) is 0 Å². The van der Waals surface area contributed by atoms with Crippen LogP contribution in [0.1, 0.15) is 26.4 Å². The Balaban J connectivity index is 1.50. The molecule has 4 aromatic rings. The lowest BCUT2D eigenvalue weighted by molar-refractivity contribution is 0.0686. The molecule has 2 N–H and O–H groups in total. The van der Waals surface area contributed by atoms with E-state index in [0.717, 1.165) is 5.56 Å². The van der Waals surface area contributed by atoms with Crippen LogP contribution in [0.5, 0.6) is 0 Å². The minimum Gasteiger partial charge on any atom is -0.477 e. The Bertz CT molecular complexity index is 1210. The number of aromatic carboxylic acids is 1. The number of rotatable bonds is 6. The van der Waals surface area contributed by atoms with E-state index in [1.54, 1.807) is 48.4 Å². The first-order valence-corrected chi connectivity index (χ1v) is 9.24. The van der Waals surface area contributed by atoms with E-state index in [9.17, 15) is 14.7 Å². The number of anilines is 1. The molecule has 8 heteroatoms. The predicted molar refractivity (Wildman–Crippen MR) is 111 cm³/mol. The third kappa shape index (κ3) is 3.97. The molecule has 2 heterocycles. The van der Waals surface area contributed by atoms with Crippen molar-refractivity contribution in [3.63, 3.8) is 0 Å². The highest BCUT2D eigenvalue weighted by Gasteiger charge is 2.15. The van der Waals surface area contributed by atoms with E-state index >= 15 is 0 Å². The third-order valence-corrected chi connectivity index (χ3v) is 4.67. The van der Waals surface area contributed by atoms with Crippen molar-refractivity contribution in [2.75, 3.05) is 5.32 Å². The Labute approximate surface area is 172 Å². The molecular formula is C22H19N5O3. The van der Waals surface area contributed by atoms with Crippen molar-refractivity contribution in [1.29, 1.82) is 0 Å². The number of carbonyl (C=O) groups is 2. The normalized spacial score (nSPS) is 10.7. The molecule has 2 aromatic carbocycles. The second-order valence-corrected chi connectivity index (χ2v) is 6.78. The topological polar surface area (TPSA) is 102 Å². The lowest BCUT2D eigenvalue weighted by atomic mass is 10.1. The summed E-state index contributed by atoms with van der Waals surface area (Å²) in [5.41, 5.74) is 2.86. The van der Waals surface area contributed by atoms with Crippen molar-refractivity contribution in [2.45, 2.75) is 6.54 Å². The molecule has 0 saturated carbocycles. The van der Waals surface area contributed by atoms with Gasteiger partial charge in [0.05, 0.1) is 24.6 Å². The van der Waals surface area contributed by atoms with E-state index in [0.29, 0.717) is 29.2 Å². The summed E-state index contributed by atoms with van der Waals surface area (Å²) in [6, 6.07) is 16.8. The maximum Gasteiger partial charge on any atom is 0.354 e. The number of nitrogens with one attached hydrogen (secondary N) is 1. The van der Waals surface area contributed by atoms with Crippen molar-refractivity contribution in [3.05, 3.63) is 90.0 Å². The molecule has 8 nitrogen and oxygen atoms in total. The number of aromatic nitrogens is 4. The molecule has 30 heavy (non-hydrogen) atoms. The molecule has 0 fully saturated rings. The predicted octanol–water partition coefficient (Wildman–Crippen LogP) is 3.28.